The summed E-state index contributed by atoms with van der Waals surface area (Å²) in [7, 11) is 1.21. The molecule has 0 saturated carbocycles. The Morgan fingerprint density at radius 3 is 2.30 bits per heavy atom. The molecular formula is C16H17F2N3O2. The van der Waals surface area contributed by atoms with Crippen LogP contribution in [0.4, 0.5) is 8.78 Å². The molecule has 0 aliphatic rings. The number of nitrogens with zero attached hydrogens (tertiary/aromatic N) is 3. The fourth-order valence-corrected chi connectivity index (χ4v) is 1.71. The van der Waals surface area contributed by atoms with Crippen LogP contribution < -0.4 is 0 Å². The third-order valence-corrected chi connectivity index (χ3v) is 3.57. The first-order valence-electron chi connectivity index (χ1n) is 6.88. The molecule has 0 atom stereocenters. The number of amides is 1. The molecule has 0 bridgehead atoms. The van der Waals surface area contributed by atoms with E-state index in [0.717, 1.165) is 11.1 Å². The standard InChI is InChI=1S/C16H17F2N3O2/c1-5-16(2,3)14(22)10(6-19)9-21(4)15(23)13-11(17)7-20-8-12(13)18/h7-9H,5H2,1-4H3/b10-9-. The van der Waals surface area contributed by atoms with Gasteiger partial charge < -0.3 is 4.90 Å². The van der Waals surface area contributed by atoms with E-state index < -0.39 is 34.3 Å². The van der Waals surface area contributed by atoms with E-state index in [0.29, 0.717) is 18.8 Å². The van der Waals surface area contributed by atoms with Gasteiger partial charge in [-0.15, -0.1) is 0 Å². The summed E-state index contributed by atoms with van der Waals surface area (Å²) in [6, 6.07) is 1.73. The predicted octanol–water partition coefficient (Wildman–Crippen LogP) is 2.84. The van der Waals surface area contributed by atoms with Gasteiger partial charge in [-0.1, -0.05) is 20.8 Å². The summed E-state index contributed by atoms with van der Waals surface area (Å²) in [6.07, 6.45) is 2.91. The van der Waals surface area contributed by atoms with Crippen molar-refractivity contribution < 1.29 is 18.4 Å². The SMILES string of the molecule is CCC(C)(C)C(=O)/C(C#N)=C\N(C)C(=O)c1c(F)cncc1F. The number of pyridine rings is 1. The van der Waals surface area contributed by atoms with Crippen molar-refractivity contribution in [3.05, 3.63) is 41.4 Å². The smallest absolute Gasteiger partial charge is 0.263 e. The summed E-state index contributed by atoms with van der Waals surface area (Å²) in [5.41, 5.74) is -1.83. The van der Waals surface area contributed by atoms with Crippen LogP contribution in [-0.4, -0.2) is 28.6 Å². The van der Waals surface area contributed by atoms with Gasteiger partial charge in [0.05, 0.1) is 12.4 Å². The number of ketones is 1. The molecule has 1 aromatic rings. The highest BCUT2D eigenvalue weighted by molar-refractivity contribution is 6.03. The molecule has 0 aliphatic carbocycles. The molecule has 0 unspecified atom stereocenters. The normalized spacial score (nSPS) is 11.8. The number of hydrogen-bond donors (Lipinski definition) is 0. The average Bonchev–Trinajstić information content (AvgIpc) is 2.51. The van der Waals surface area contributed by atoms with Gasteiger partial charge in [0.15, 0.2) is 17.4 Å². The van der Waals surface area contributed by atoms with Crippen LogP contribution in [0.2, 0.25) is 0 Å². The molecule has 0 spiro atoms. The zero-order valence-electron chi connectivity index (χ0n) is 13.4. The van der Waals surface area contributed by atoms with Crippen LogP contribution in [0.15, 0.2) is 24.2 Å². The Hall–Kier alpha value is -2.62. The molecule has 5 nitrogen and oxygen atoms in total. The van der Waals surface area contributed by atoms with Gasteiger partial charge in [0.25, 0.3) is 5.91 Å². The van der Waals surface area contributed by atoms with Gasteiger partial charge in [-0.2, -0.15) is 5.26 Å². The molecule has 1 amide bonds. The molecule has 0 aromatic carbocycles. The van der Waals surface area contributed by atoms with Gasteiger partial charge in [-0.3, -0.25) is 14.6 Å². The van der Waals surface area contributed by atoms with Crippen molar-refractivity contribution >= 4 is 11.7 Å². The van der Waals surface area contributed by atoms with E-state index in [-0.39, 0.29) is 5.57 Å². The average molecular weight is 321 g/mol. The number of halogens is 2. The molecule has 0 saturated heterocycles. The number of carbonyl (C=O) groups excluding carboxylic acids is 2. The van der Waals surface area contributed by atoms with Crippen molar-refractivity contribution in [2.75, 3.05) is 7.05 Å². The number of Topliss-reactive ketones (excluding diaryl/α,β-unsaturated/α-hetero) is 1. The van der Waals surface area contributed by atoms with Crippen molar-refractivity contribution in [1.29, 1.82) is 5.26 Å². The first-order valence-corrected chi connectivity index (χ1v) is 6.88. The number of hydrogen-bond acceptors (Lipinski definition) is 4. The van der Waals surface area contributed by atoms with Gasteiger partial charge in [0.2, 0.25) is 0 Å². The predicted molar refractivity (Wildman–Crippen MR) is 79.0 cm³/mol. The van der Waals surface area contributed by atoms with Crippen LogP contribution >= 0.6 is 0 Å². The summed E-state index contributed by atoms with van der Waals surface area (Å²) in [6.45, 7) is 5.14. The van der Waals surface area contributed by atoms with E-state index in [1.54, 1.807) is 26.8 Å². The number of rotatable bonds is 5. The van der Waals surface area contributed by atoms with Crippen molar-refractivity contribution in [2.45, 2.75) is 27.2 Å². The monoisotopic (exact) mass is 321 g/mol. The maximum atomic E-state index is 13.6. The molecule has 1 aromatic heterocycles. The van der Waals surface area contributed by atoms with Crippen LogP contribution in [0.1, 0.15) is 37.6 Å². The third kappa shape index (κ3) is 3.97. The summed E-state index contributed by atoms with van der Waals surface area (Å²) < 4.78 is 27.2. The first kappa shape index (κ1) is 18.4. The zero-order chi connectivity index (χ0) is 17.8. The highest BCUT2D eigenvalue weighted by atomic mass is 19.1. The Bertz CT molecular complexity index is 686. The second kappa shape index (κ2) is 7.09. The number of carbonyl (C=O) groups is 2. The van der Waals surface area contributed by atoms with Crippen LogP contribution in [0, 0.1) is 28.4 Å². The van der Waals surface area contributed by atoms with Crippen molar-refractivity contribution in [2.24, 2.45) is 5.41 Å². The minimum Gasteiger partial charge on any atom is -0.316 e. The summed E-state index contributed by atoms with van der Waals surface area (Å²) in [5.74, 6) is -3.70. The van der Waals surface area contributed by atoms with Crippen molar-refractivity contribution in [3.63, 3.8) is 0 Å². The van der Waals surface area contributed by atoms with E-state index in [4.69, 9.17) is 5.26 Å². The number of aromatic nitrogens is 1. The molecule has 7 heteroatoms. The molecule has 0 radical (unpaired) electrons. The summed E-state index contributed by atoms with van der Waals surface area (Å²) in [4.78, 5) is 28.5. The Morgan fingerprint density at radius 2 is 1.87 bits per heavy atom. The maximum absolute atomic E-state index is 13.6. The van der Waals surface area contributed by atoms with Gasteiger partial charge >= 0.3 is 0 Å². The third-order valence-electron chi connectivity index (χ3n) is 3.57. The lowest BCUT2D eigenvalue weighted by Crippen LogP contribution is -2.28. The molecule has 0 aliphatic heterocycles. The maximum Gasteiger partial charge on any atom is 0.263 e. The quantitative estimate of drug-likeness (QED) is 0.617. The van der Waals surface area contributed by atoms with Gasteiger partial charge in [0.1, 0.15) is 17.2 Å². The van der Waals surface area contributed by atoms with Gasteiger partial charge in [-0.25, -0.2) is 8.78 Å². The summed E-state index contributed by atoms with van der Waals surface area (Å²) >= 11 is 0. The zero-order valence-corrected chi connectivity index (χ0v) is 13.4. The van der Waals surface area contributed by atoms with Gasteiger partial charge in [0, 0.05) is 18.7 Å². The second-order valence-corrected chi connectivity index (χ2v) is 5.62. The topological polar surface area (TPSA) is 74.1 Å². The molecule has 23 heavy (non-hydrogen) atoms. The van der Waals surface area contributed by atoms with Crippen LogP contribution in [0.25, 0.3) is 0 Å². The Labute approximate surface area is 133 Å². The minimum atomic E-state index is -1.12. The number of allylic oxidation sites excluding steroid dienone is 1. The molecule has 0 N–H and O–H groups in total. The summed E-state index contributed by atoms with van der Waals surface area (Å²) in [5, 5.41) is 9.13. The lowest BCUT2D eigenvalue weighted by atomic mass is 9.82. The van der Waals surface area contributed by atoms with Crippen LogP contribution in [0.5, 0.6) is 0 Å². The first-order chi connectivity index (χ1) is 10.7. The molecule has 0 fully saturated rings. The molecule has 122 valence electrons. The van der Waals surface area contributed by atoms with Gasteiger partial charge in [-0.05, 0) is 6.42 Å². The fraction of sp³-hybridized carbons (Fsp3) is 0.375. The fourth-order valence-electron chi connectivity index (χ4n) is 1.71. The Balaban J connectivity index is 3.18. The lowest BCUT2D eigenvalue weighted by Gasteiger charge is -2.21. The Morgan fingerprint density at radius 1 is 1.35 bits per heavy atom. The van der Waals surface area contributed by atoms with E-state index in [1.807, 2.05) is 0 Å². The highest BCUT2D eigenvalue weighted by Gasteiger charge is 2.29. The number of nitriles is 1. The minimum absolute atomic E-state index is 0.262. The highest BCUT2D eigenvalue weighted by Crippen LogP contribution is 2.25. The lowest BCUT2D eigenvalue weighted by molar-refractivity contribution is -0.123. The van der Waals surface area contributed by atoms with E-state index in [1.165, 1.54) is 7.05 Å². The van der Waals surface area contributed by atoms with E-state index in [2.05, 4.69) is 4.98 Å². The van der Waals surface area contributed by atoms with Crippen LogP contribution in [0.3, 0.4) is 0 Å². The molecule has 1 rings (SSSR count). The van der Waals surface area contributed by atoms with Crippen LogP contribution in [-0.2, 0) is 4.79 Å². The second-order valence-electron chi connectivity index (χ2n) is 5.62. The molecular weight excluding hydrogens is 304 g/mol. The van der Waals surface area contributed by atoms with Crippen molar-refractivity contribution in [3.8, 4) is 6.07 Å². The van der Waals surface area contributed by atoms with E-state index in [9.17, 15) is 18.4 Å². The Kier molecular flexibility index (Phi) is 5.68. The van der Waals surface area contributed by atoms with Crippen molar-refractivity contribution in [1.82, 2.24) is 9.88 Å². The molecule has 1 heterocycles. The van der Waals surface area contributed by atoms with E-state index >= 15 is 0 Å². The largest absolute Gasteiger partial charge is 0.316 e.